The molecule has 0 spiro atoms. The zero-order chi connectivity index (χ0) is 10.5. The van der Waals surface area contributed by atoms with Crippen molar-refractivity contribution in [3.63, 3.8) is 0 Å². The zero-order valence-corrected chi connectivity index (χ0v) is 9.07. The molecular formula is C8H12N6S. The van der Waals surface area contributed by atoms with Crippen molar-refractivity contribution in [3.8, 4) is 6.07 Å². The molecule has 0 bridgehead atoms. The van der Waals surface area contributed by atoms with Crippen molar-refractivity contribution in [2.75, 3.05) is 12.3 Å². The zero-order valence-electron chi connectivity index (χ0n) is 8.26. The highest BCUT2D eigenvalue weighted by molar-refractivity contribution is 7.99. The molecule has 1 heterocycles. The van der Waals surface area contributed by atoms with Crippen LogP contribution in [-0.4, -0.2) is 38.5 Å². The molecule has 1 aliphatic carbocycles. The van der Waals surface area contributed by atoms with Gasteiger partial charge in [0.25, 0.3) is 0 Å². The van der Waals surface area contributed by atoms with Crippen molar-refractivity contribution in [1.29, 1.82) is 5.26 Å². The number of thioether (sulfide) groups is 1. The van der Waals surface area contributed by atoms with E-state index in [0.717, 1.165) is 13.1 Å². The maximum atomic E-state index is 8.45. The summed E-state index contributed by atoms with van der Waals surface area (Å²) in [7, 11) is 0. The number of nitrogens with one attached hydrogen (secondary N) is 1. The molecule has 15 heavy (non-hydrogen) atoms. The van der Waals surface area contributed by atoms with Gasteiger partial charge in [-0.05, 0) is 23.3 Å². The van der Waals surface area contributed by atoms with Gasteiger partial charge < -0.3 is 5.32 Å². The molecule has 0 saturated heterocycles. The molecule has 2 rings (SSSR count). The van der Waals surface area contributed by atoms with Crippen molar-refractivity contribution < 1.29 is 0 Å². The van der Waals surface area contributed by atoms with Gasteiger partial charge in [-0.2, -0.15) is 5.26 Å². The highest BCUT2D eigenvalue weighted by atomic mass is 32.2. The fourth-order valence-corrected chi connectivity index (χ4v) is 1.76. The summed E-state index contributed by atoms with van der Waals surface area (Å²) < 4.78 is 1.73. The van der Waals surface area contributed by atoms with E-state index in [2.05, 4.69) is 26.9 Å². The average Bonchev–Trinajstić information content (AvgIpc) is 2.95. The van der Waals surface area contributed by atoms with E-state index in [4.69, 9.17) is 5.26 Å². The third-order valence-corrected chi connectivity index (χ3v) is 2.92. The van der Waals surface area contributed by atoms with Crippen LogP contribution in [0.15, 0.2) is 5.16 Å². The minimum absolute atomic E-state index is 0.385. The molecule has 0 atom stereocenters. The Balaban J connectivity index is 1.78. The Morgan fingerprint density at radius 2 is 2.47 bits per heavy atom. The average molecular weight is 224 g/mol. The van der Waals surface area contributed by atoms with E-state index in [1.165, 1.54) is 24.6 Å². The highest BCUT2D eigenvalue weighted by Gasteiger charge is 2.19. The monoisotopic (exact) mass is 224 g/mol. The van der Waals surface area contributed by atoms with E-state index in [9.17, 15) is 0 Å². The summed E-state index contributed by atoms with van der Waals surface area (Å²) in [6.45, 7) is 1.65. The van der Waals surface area contributed by atoms with Crippen LogP contribution in [0.4, 0.5) is 0 Å². The summed E-state index contributed by atoms with van der Waals surface area (Å²) in [5.74, 6) is 0.385. The normalized spacial score (nSPS) is 15.1. The number of nitrogens with zero attached hydrogens (tertiary/aromatic N) is 5. The molecule has 0 aromatic carbocycles. The smallest absolute Gasteiger partial charge is 0.210 e. The van der Waals surface area contributed by atoms with Gasteiger partial charge in [0.1, 0.15) is 0 Å². The molecule has 0 aliphatic heterocycles. The molecule has 7 heteroatoms. The van der Waals surface area contributed by atoms with Gasteiger partial charge in [0, 0.05) is 12.6 Å². The second-order valence-electron chi connectivity index (χ2n) is 3.36. The number of rotatable bonds is 6. The summed E-state index contributed by atoms with van der Waals surface area (Å²) in [6, 6.07) is 2.76. The van der Waals surface area contributed by atoms with Crippen molar-refractivity contribution in [1.82, 2.24) is 25.5 Å². The van der Waals surface area contributed by atoms with Gasteiger partial charge in [0.2, 0.25) is 5.16 Å². The molecule has 1 aromatic heterocycles. The summed E-state index contributed by atoms with van der Waals surface area (Å²) in [5.41, 5.74) is 0. The predicted molar refractivity (Wildman–Crippen MR) is 55.2 cm³/mol. The van der Waals surface area contributed by atoms with Gasteiger partial charge in [-0.1, -0.05) is 11.8 Å². The number of nitriles is 1. The standard InChI is InChI=1S/C8H12N6S/c9-3-6-15-8-11-12-13-14(8)5-4-10-7-1-2-7/h7,10H,1-2,4-6H2. The lowest BCUT2D eigenvalue weighted by atomic mass is 10.6. The van der Waals surface area contributed by atoms with Crippen LogP contribution >= 0.6 is 11.8 Å². The van der Waals surface area contributed by atoms with Crippen molar-refractivity contribution >= 4 is 11.8 Å². The molecule has 6 nitrogen and oxygen atoms in total. The van der Waals surface area contributed by atoms with Crippen LogP contribution in [0.3, 0.4) is 0 Å². The molecule has 1 saturated carbocycles. The largest absolute Gasteiger partial charge is 0.312 e. The first kappa shape index (κ1) is 10.4. The first-order valence-corrected chi connectivity index (χ1v) is 5.88. The maximum Gasteiger partial charge on any atom is 0.210 e. The molecule has 0 amide bonds. The first-order valence-electron chi connectivity index (χ1n) is 4.89. The SMILES string of the molecule is N#CCSc1nnnn1CCNC1CC1. The van der Waals surface area contributed by atoms with Gasteiger partial charge in [0.05, 0.1) is 18.4 Å². The molecular weight excluding hydrogens is 212 g/mol. The number of hydrogen-bond acceptors (Lipinski definition) is 6. The Kier molecular flexibility index (Phi) is 3.53. The van der Waals surface area contributed by atoms with E-state index >= 15 is 0 Å². The van der Waals surface area contributed by atoms with E-state index < -0.39 is 0 Å². The van der Waals surface area contributed by atoms with E-state index in [0.29, 0.717) is 17.0 Å². The molecule has 1 aromatic rings. The molecule has 1 fully saturated rings. The molecule has 0 unspecified atom stereocenters. The fourth-order valence-electron chi connectivity index (χ4n) is 1.20. The Labute approximate surface area is 92.0 Å². The minimum Gasteiger partial charge on any atom is -0.312 e. The molecule has 80 valence electrons. The second kappa shape index (κ2) is 5.09. The topological polar surface area (TPSA) is 79.4 Å². The van der Waals surface area contributed by atoms with Gasteiger partial charge >= 0.3 is 0 Å². The summed E-state index contributed by atoms with van der Waals surface area (Å²) >= 11 is 1.37. The van der Waals surface area contributed by atoms with Gasteiger partial charge in [-0.25, -0.2) is 4.68 Å². The van der Waals surface area contributed by atoms with Crippen LogP contribution in [0.1, 0.15) is 12.8 Å². The lowest BCUT2D eigenvalue weighted by molar-refractivity contribution is 0.510. The van der Waals surface area contributed by atoms with Crippen molar-refractivity contribution in [3.05, 3.63) is 0 Å². The maximum absolute atomic E-state index is 8.45. The van der Waals surface area contributed by atoms with Crippen LogP contribution < -0.4 is 5.32 Å². The third-order valence-electron chi connectivity index (χ3n) is 2.10. The number of tetrazole rings is 1. The van der Waals surface area contributed by atoms with Crippen LogP contribution in [0.2, 0.25) is 0 Å². The third kappa shape index (κ3) is 3.18. The van der Waals surface area contributed by atoms with Gasteiger partial charge in [0.15, 0.2) is 0 Å². The van der Waals surface area contributed by atoms with E-state index in [-0.39, 0.29) is 0 Å². The summed E-state index contributed by atoms with van der Waals surface area (Å²) in [4.78, 5) is 0. The van der Waals surface area contributed by atoms with Crippen LogP contribution in [0.25, 0.3) is 0 Å². The first-order chi connectivity index (χ1) is 7.40. The molecule has 0 radical (unpaired) electrons. The highest BCUT2D eigenvalue weighted by Crippen LogP contribution is 2.18. The number of hydrogen-bond donors (Lipinski definition) is 1. The van der Waals surface area contributed by atoms with Crippen molar-refractivity contribution in [2.45, 2.75) is 30.6 Å². The lowest BCUT2D eigenvalue weighted by Crippen LogP contribution is -2.22. The van der Waals surface area contributed by atoms with E-state index in [1.54, 1.807) is 4.68 Å². The molecule has 1 N–H and O–H groups in total. The fraction of sp³-hybridized carbons (Fsp3) is 0.750. The lowest BCUT2D eigenvalue weighted by Gasteiger charge is -2.03. The van der Waals surface area contributed by atoms with Crippen LogP contribution in [-0.2, 0) is 6.54 Å². The number of aromatic nitrogens is 4. The predicted octanol–water partition coefficient (Wildman–Crippen LogP) is 0.0408. The van der Waals surface area contributed by atoms with Gasteiger partial charge in [-0.3, -0.25) is 0 Å². The van der Waals surface area contributed by atoms with Gasteiger partial charge in [-0.15, -0.1) is 5.10 Å². The molecule has 1 aliphatic rings. The minimum atomic E-state index is 0.385. The van der Waals surface area contributed by atoms with Crippen LogP contribution in [0.5, 0.6) is 0 Å². The quantitative estimate of drug-likeness (QED) is 0.687. The Hall–Kier alpha value is -1.13. The second-order valence-corrected chi connectivity index (χ2v) is 4.30. The summed E-state index contributed by atoms with van der Waals surface area (Å²) in [6.07, 6.45) is 2.57. The van der Waals surface area contributed by atoms with Crippen molar-refractivity contribution in [2.24, 2.45) is 0 Å². The summed E-state index contributed by atoms with van der Waals surface area (Å²) in [5, 5.41) is 23.9. The Bertz CT molecular complexity index is 352. The Morgan fingerprint density at radius 3 is 3.20 bits per heavy atom. The van der Waals surface area contributed by atoms with Crippen LogP contribution in [0, 0.1) is 11.3 Å². The Morgan fingerprint density at radius 1 is 1.60 bits per heavy atom. The van der Waals surface area contributed by atoms with E-state index in [1.807, 2.05) is 0 Å².